The molecule has 18 heavy (non-hydrogen) atoms. The summed E-state index contributed by atoms with van der Waals surface area (Å²) in [7, 11) is 0. The number of hydrogen-bond acceptors (Lipinski definition) is 2. The predicted molar refractivity (Wildman–Crippen MR) is 71.6 cm³/mol. The molecule has 0 aliphatic carbocycles. The number of carboxylic acid groups (broad SMARTS) is 1. The number of carboxylic acids is 1. The molecule has 0 atom stereocenters. The first kappa shape index (κ1) is 12.3. The molecule has 1 aromatic heterocycles. The molecule has 3 nitrogen and oxygen atoms in total. The highest BCUT2D eigenvalue weighted by Gasteiger charge is 2.02. The van der Waals surface area contributed by atoms with E-state index in [2.05, 4.69) is 4.98 Å². The molecule has 0 bridgehead atoms. The van der Waals surface area contributed by atoms with Gasteiger partial charge < -0.3 is 5.11 Å². The monoisotopic (exact) mass is 259 g/mol. The fraction of sp³-hybridized carbons (Fsp3) is 0. The normalized spacial score (nSPS) is 10.7. The molecule has 2 rings (SSSR count). The smallest absolute Gasteiger partial charge is 0.354 e. The summed E-state index contributed by atoms with van der Waals surface area (Å²) < 4.78 is 0. The molecular weight excluding hydrogens is 250 g/mol. The van der Waals surface area contributed by atoms with Crippen molar-refractivity contribution >= 4 is 29.7 Å². The Labute approximate surface area is 109 Å². The van der Waals surface area contributed by atoms with Crippen molar-refractivity contribution in [3.05, 3.63) is 64.4 Å². The lowest BCUT2D eigenvalue weighted by atomic mass is 10.2. The van der Waals surface area contributed by atoms with Crippen molar-refractivity contribution < 1.29 is 9.90 Å². The molecule has 0 spiro atoms. The van der Waals surface area contributed by atoms with E-state index in [1.165, 1.54) is 6.07 Å². The zero-order valence-corrected chi connectivity index (χ0v) is 10.1. The molecule has 0 saturated carbocycles. The second-order valence-electron chi connectivity index (χ2n) is 3.64. The van der Waals surface area contributed by atoms with Crippen LogP contribution in [0.2, 0.25) is 5.02 Å². The number of nitrogens with zero attached hydrogens (tertiary/aromatic N) is 1. The summed E-state index contributed by atoms with van der Waals surface area (Å²) in [5.41, 5.74) is 1.56. The van der Waals surface area contributed by atoms with E-state index in [1.54, 1.807) is 24.3 Å². The average Bonchev–Trinajstić information content (AvgIpc) is 2.37. The standard InChI is InChI=1S/C14H10ClNO2/c15-11-4-1-3-10(9-11)7-8-12-5-2-6-13(16-12)14(17)18/h1-9H,(H,17,18)/b8-7+. The summed E-state index contributed by atoms with van der Waals surface area (Å²) in [5.74, 6) is -1.03. The van der Waals surface area contributed by atoms with E-state index in [1.807, 2.05) is 24.3 Å². The minimum atomic E-state index is -1.03. The molecule has 90 valence electrons. The van der Waals surface area contributed by atoms with Crippen molar-refractivity contribution in [2.45, 2.75) is 0 Å². The Morgan fingerprint density at radius 1 is 1.17 bits per heavy atom. The number of rotatable bonds is 3. The summed E-state index contributed by atoms with van der Waals surface area (Å²) in [6.07, 6.45) is 3.58. The first-order chi connectivity index (χ1) is 8.65. The molecule has 0 radical (unpaired) electrons. The van der Waals surface area contributed by atoms with Gasteiger partial charge in [0.25, 0.3) is 0 Å². The molecule has 1 N–H and O–H groups in total. The summed E-state index contributed by atoms with van der Waals surface area (Å²) in [6, 6.07) is 12.2. The van der Waals surface area contributed by atoms with Crippen LogP contribution in [-0.4, -0.2) is 16.1 Å². The molecule has 0 aliphatic rings. The lowest BCUT2D eigenvalue weighted by Gasteiger charge is -1.97. The number of hydrogen-bond donors (Lipinski definition) is 1. The van der Waals surface area contributed by atoms with Gasteiger partial charge in [0.05, 0.1) is 5.69 Å². The lowest BCUT2D eigenvalue weighted by molar-refractivity contribution is 0.0690. The Hall–Kier alpha value is -2.13. The second kappa shape index (κ2) is 5.47. The highest BCUT2D eigenvalue weighted by atomic mass is 35.5. The van der Waals surface area contributed by atoms with Crippen LogP contribution in [0.15, 0.2) is 42.5 Å². The van der Waals surface area contributed by atoms with Crippen LogP contribution in [0.25, 0.3) is 12.2 Å². The van der Waals surface area contributed by atoms with Crippen molar-refractivity contribution in [3.63, 3.8) is 0 Å². The van der Waals surface area contributed by atoms with E-state index in [0.717, 1.165) is 5.56 Å². The van der Waals surface area contributed by atoms with E-state index < -0.39 is 5.97 Å². The fourth-order valence-corrected chi connectivity index (χ4v) is 1.65. The van der Waals surface area contributed by atoms with Crippen LogP contribution in [0.1, 0.15) is 21.7 Å². The Bertz CT molecular complexity index is 608. The fourth-order valence-electron chi connectivity index (χ4n) is 1.46. The van der Waals surface area contributed by atoms with Gasteiger partial charge in [0.1, 0.15) is 5.69 Å². The Morgan fingerprint density at radius 3 is 2.67 bits per heavy atom. The SMILES string of the molecule is O=C(O)c1cccc(/C=C/c2cccc(Cl)c2)n1. The number of aromatic nitrogens is 1. The van der Waals surface area contributed by atoms with Crippen LogP contribution in [0.4, 0.5) is 0 Å². The van der Waals surface area contributed by atoms with Crippen LogP contribution in [0.3, 0.4) is 0 Å². The van der Waals surface area contributed by atoms with Crippen LogP contribution in [0, 0.1) is 0 Å². The van der Waals surface area contributed by atoms with Gasteiger partial charge in [-0.25, -0.2) is 9.78 Å². The maximum Gasteiger partial charge on any atom is 0.354 e. The Kier molecular flexibility index (Phi) is 3.75. The predicted octanol–water partition coefficient (Wildman–Crippen LogP) is 3.60. The van der Waals surface area contributed by atoms with Gasteiger partial charge in [0, 0.05) is 5.02 Å². The molecule has 1 aromatic carbocycles. The van der Waals surface area contributed by atoms with Crippen molar-refractivity contribution in [1.29, 1.82) is 0 Å². The summed E-state index contributed by atoms with van der Waals surface area (Å²) >= 11 is 5.87. The highest BCUT2D eigenvalue weighted by molar-refractivity contribution is 6.30. The third kappa shape index (κ3) is 3.18. The van der Waals surface area contributed by atoms with E-state index >= 15 is 0 Å². The number of pyridine rings is 1. The van der Waals surface area contributed by atoms with E-state index in [-0.39, 0.29) is 5.69 Å². The maximum atomic E-state index is 10.8. The zero-order chi connectivity index (χ0) is 13.0. The van der Waals surface area contributed by atoms with Crippen LogP contribution >= 0.6 is 11.6 Å². The highest BCUT2D eigenvalue weighted by Crippen LogP contribution is 2.13. The van der Waals surface area contributed by atoms with Crippen molar-refractivity contribution in [3.8, 4) is 0 Å². The molecule has 0 unspecified atom stereocenters. The van der Waals surface area contributed by atoms with Crippen LogP contribution < -0.4 is 0 Å². The summed E-state index contributed by atoms with van der Waals surface area (Å²) in [6.45, 7) is 0. The Morgan fingerprint density at radius 2 is 1.94 bits per heavy atom. The lowest BCUT2D eigenvalue weighted by Crippen LogP contribution is -2.00. The minimum Gasteiger partial charge on any atom is -0.477 e. The topological polar surface area (TPSA) is 50.2 Å². The molecule has 0 amide bonds. The molecule has 0 aliphatic heterocycles. The summed E-state index contributed by atoms with van der Waals surface area (Å²) in [4.78, 5) is 14.8. The quantitative estimate of drug-likeness (QED) is 0.916. The molecule has 4 heteroatoms. The van der Waals surface area contributed by atoms with E-state index in [0.29, 0.717) is 10.7 Å². The van der Waals surface area contributed by atoms with E-state index in [4.69, 9.17) is 16.7 Å². The number of carbonyl (C=O) groups is 1. The first-order valence-electron chi connectivity index (χ1n) is 5.29. The molecule has 0 saturated heterocycles. The average molecular weight is 260 g/mol. The molecule has 2 aromatic rings. The minimum absolute atomic E-state index is 0.0308. The molecular formula is C14H10ClNO2. The largest absolute Gasteiger partial charge is 0.477 e. The van der Waals surface area contributed by atoms with Gasteiger partial charge in [-0.05, 0) is 35.9 Å². The van der Waals surface area contributed by atoms with Crippen molar-refractivity contribution in [1.82, 2.24) is 4.98 Å². The maximum absolute atomic E-state index is 10.8. The number of halogens is 1. The van der Waals surface area contributed by atoms with E-state index in [9.17, 15) is 4.79 Å². The number of benzene rings is 1. The van der Waals surface area contributed by atoms with Gasteiger partial charge >= 0.3 is 5.97 Å². The van der Waals surface area contributed by atoms with Gasteiger partial charge in [-0.2, -0.15) is 0 Å². The summed E-state index contributed by atoms with van der Waals surface area (Å²) in [5, 5.41) is 9.48. The third-order valence-corrected chi connectivity index (χ3v) is 2.52. The van der Waals surface area contributed by atoms with Gasteiger partial charge in [0.2, 0.25) is 0 Å². The second-order valence-corrected chi connectivity index (χ2v) is 4.08. The zero-order valence-electron chi connectivity index (χ0n) is 9.38. The van der Waals surface area contributed by atoms with Gasteiger partial charge in [-0.3, -0.25) is 0 Å². The van der Waals surface area contributed by atoms with Crippen molar-refractivity contribution in [2.75, 3.05) is 0 Å². The first-order valence-corrected chi connectivity index (χ1v) is 5.67. The van der Waals surface area contributed by atoms with Gasteiger partial charge in [0.15, 0.2) is 0 Å². The third-order valence-electron chi connectivity index (χ3n) is 2.28. The molecule has 1 heterocycles. The van der Waals surface area contributed by atoms with Crippen LogP contribution in [0.5, 0.6) is 0 Å². The van der Waals surface area contributed by atoms with Crippen molar-refractivity contribution in [2.24, 2.45) is 0 Å². The van der Waals surface area contributed by atoms with Gasteiger partial charge in [-0.15, -0.1) is 0 Å². The van der Waals surface area contributed by atoms with Gasteiger partial charge in [-0.1, -0.05) is 35.9 Å². The Balaban J connectivity index is 2.23. The number of aromatic carboxylic acids is 1. The molecule has 0 fully saturated rings. The van der Waals surface area contributed by atoms with Crippen LogP contribution in [-0.2, 0) is 0 Å².